The lowest BCUT2D eigenvalue weighted by Gasteiger charge is -2.08. The topological polar surface area (TPSA) is 70.4 Å². The molecular formula is C7H4F3NO3. The van der Waals surface area contributed by atoms with Gasteiger partial charge in [-0.25, -0.2) is 9.78 Å². The number of hydrogen-bond acceptors (Lipinski definition) is 3. The van der Waals surface area contributed by atoms with E-state index in [0.29, 0.717) is 12.3 Å². The number of pyridine rings is 1. The smallest absolute Gasteiger partial charge is 0.434 e. The Morgan fingerprint density at radius 3 is 2.43 bits per heavy atom. The quantitative estimate of drug-likeness (QED) is 0.732. The zero-order chi connectivity index (χ0) is 10.9. The lowest BCUT2D eigenvalue weighted by Crippen LogP contribution is -2.14. The van der Waals surface area contributed by atoms with Crippen molar-refractivity contribution in [2.75, 3.05) is 0 Å². The van der Waals surface area contributed by atoms with Gasteiger partial charge < -0.3 is 10.2 Å². The molecule has 1 aromatic rings. The first-order chi connectivity index (χ1) is 6.32. The van der Waals surface area contributed by atoms with Crippen molar-refractivity contribution in [3.63, 3.8) is 0 Å². The fraction of sp³-hybridized carbons (Fsp3) is 0.143. The number of aromatic carboxylic acids is 1. The third-order valence-electron chi connectivity index (χ3n) is 1.37. The van der Waals surface area contributed by atoms with Crippen LogP contribution >= 0.6 is 0 Å². The monoisotopic (exact) mass is 207 g/mol. The highest BCUT2D eigenvalue weighted by Crippen LogP contribution is 2.31. The Labute approximate surface area is 75.6 Å². The van der Waals surface area contributed by atoms with E-state index in [1.54, 1.807) is 0 Å². The summed E-state index contributed by atoms with van der Waals surface area (Å²) in [4.78, 5) is 13.2. The lowest BCUT2D eigenvalue weighted by molar-refractivity contribution is -0.141. The molecule has 0 saturated heterocycles. The van der Waals surface area contributed by atoms with Crippen molar-refractivity contribution in [3.8, 4) is 5.75 Å². The van der Waals surface area contributed by atoms with Crippen molar-refractivity contribution in [1.29, 1.82) is 0 Å². The summed E-state index contributed by atoms with van der Waals surface area (Å²) >= 11 is 0. The normalized spacial score (nSPS) is 11.4. The molecule has 0 spiro atoms. The molecule has 0 amide bonds. The maximum Gasteiger partial charge on any atom is 0.434 e. The van der Waals surface area contributed by atoms with E-state index < -0.39 is 29.2 Å². The van der Waals surface area contributed by atoms with Gasteiger partial charge in [-0.1, -0.05) is 0 Å². The van der Waals surface area contributed by atoms with E-state index in [1.807, 2.05) is 0 Å². The molecule has 0 aliphatic rings. The van der Waals surface area contributed by atoms with Crippen LogP contribution in [-0.2, 0) is 6.18 Å². The lowest BCUT2D eigenvalue weighted by atomic mass is 10.2. The zero-order valence-corrected chi connectivity index (χ0v) is 6.54. The van der Waals surface area contributed by atoms with Gasteiger partial charge in [-0.3, -0.25) is 0 Å². The van der Waals surface area contributed by atoms with Gasteiger partial charge in [-0.2, -0.15) is 13.2 Å². The number of carboxylic acids is 1. The summed E-state index contributed by atoms with van der Waals surface area (Å²) in [5, 5.41) is 17.2. The number of carbonyl (C=O) groups is 1. The average molecular weight is 207 g/mol. The summed E-state index contributed by atoms with van der Waals surface area (Å²) in [6.45, 7) is 0. The number of nitrogens with zero attached hydrogens (tertiary/aromatic N) is 1. The Morgan fingerprint density at radius 2 is 2.00 bits per heavy atom. The van der Waals surface area contributed by atoms with E-state index in [9.17, 15) is 18.0 Å². The van der Waals surface area contributed by atoms with Crippen molar-refractivity contribution >= 4 is 5.97 Å². The Hall–Kier alpha value is -1.79. The Kier molecular flexibility index (Phi) is 2.33. The molecule has 0 unspecified atom stereocenters. The summed E-state index contributed by atoms with van der Waals surface area (Å²) in [5.74, 6) is -2.42. The predicted molar refractivity (Wildman–Crippen MR) is 37.9 cm³/mol. The van der Waals surface area contributed by atoms with Gasteiger partial charge in [-0.15, -0.1) is 0 Å². The van der Waals surface area contributed by atoms with Gasteiger partial charge in [-0.05, 0) is 6.07 Å². The number of aromatic hydroxyl groups is 1. The third kappa shape index (κ3) is 1.93. The average Bonchev–Trinajstić information content (AvgIpc) is 2.01. The first-order valence-electron chi connectivity index (χ1n) is 3.32. The van der Waals surface area contributed by atoms with Crippen molar-refractivity contribution in [2.24, 2.45) is 0 Å². The van der Waals surface area contributed by atoms with Gasteiger partial charge in [0.2, 0.25) is 0 Å². The first kappa shape index (κ1) is 10.3. The zero-order valence-electron chi connectivity index (χ0n) is 6.54. The first-order valence-corrected chi connectivity index (χ1v) is 3.32. The maximum absolute atomic E-state index is 12.1. The molecule has 0 fully saturated rings. The van der Waals surface area contributed by atoms with Crippen LogP contribution in [0.1, 0.15) is 16.1 Å². The van der Waals surface area contributed by atoms with E-state index in [-0.39, 0.29) is 0 Å². The summed E-state index contributed by atoms with van der Waals surface area (Å²) in [6.07, 6.45) is -4.31. The summed E-state index contributed by atoms with van der Waals surface area (Å²) in [6, 6.07) is 0.498. The van der Waals surface area contributed by atoms with Crippen LogP contribution in [0.5, 0.6) is 5.75 Å². The van der Waals surface area contributed by atoms with Gasteiger partial charge in [0.05, 0.1) is 11.8 Å². The van der Waals surface area contributed by atoms with Crippen LogP contribution in [0.25, 0.3) is 0 Å². The minimum Gasteiger partial charge on any atom is -0.506 e. The predicted octanol–water partition coefficient (Wildman–Crippen LogP) is 1.50. The standard InChI is InChI=1S/C7H4F3NO3/c8-7(9,10)5-4(6(13)14)1-3(12)2-11-5/h1-2,12H,(H,13,14). The number of carboxylic acid groups (broad SMARTS) is 1. The molecule has 14 heavy (non-hydrogen) atoms. The minimum absolute atomic E-state index is 0.498. The van der Waals surface area contributed by atoms with Crippen LogP contribution in [0.4, 0.5) is 13.2 Å². The minimum atomic E-state index is -4.85. The van der Waals surface area contributed by atoms with E-state index in [0.717, 1.165) is 0 Å². The van der Waals surface area contributed by atoms with Crippen molar-refractivity contribution in [3.05, 3.63) is 23.5 Å². The molecule has 0 radical (unpaired) electrons. The van der Waals surface area contributed by atoms with E-state index >= 15 is 0 Å². The van der Waals surface area contributed by atoms with E-state index in [2.05, 4.69) is 4.98 Å². The van der Waals surface area contributed by atoms with E-state index in [4.69, 9.17) is 10.2 Å². The number of alkyl halides is 3. The van der Waals surface area contributed by atoms with Crippen LogP contribution in [0.3, 0.4) is 0 Å². The number of hydrogen-bond donors (Lipinski definition) is 2. The molecule has 7 heteroatoms. The molecule has 0 aliphatic carbocycles. The Morgan fingerprint density at radius 1 is 1.43 bits per heavy atom. The second kappa shape index (κ2) is 3.17. The molecule has 1 rings (SSSR count). The molecule has 1 aromatic heterocycles. The number of halogens is 3. The molecule has 2 N–H and O–H groups in total. The molecule has 0 aromatic carbocycles. The van der Waals surface area contributed by atoms with Gasteiger partial charge in [0.25, 0.3) is 0 Å². The fourth-order valence-electron chi connectivity index (χ4n) is 0.843. The van der Waals surface area contributed by atoms with Gasteiger partial charge in [0.15, 0.2) is 5.69 Å². The van der Waals surface area contributed by atoms with Crippen molar-refractivity contribution < 1.29 is 28.2 Å². The molecule has 0 bridgehead atoms. The molecule has 1 heterocycles. The Balaban J connectivity index is 3.37. The summed E-state index contributed by atoms with van der Waals surface area (Å²) in [7, 11) is 0. The summed E-state index contributed by atoms with van der Waals surface area (Å²) in [5.41, 5.74) is -2.60. The van der Waals surface area contributed by atoms with Crippen molar-refractivity contribution in [1.82, 2.24) is 4.98 Å². The highest BCUT2D eigenvalue weighted by Gasteiger charge is 2.37. The second-order valence-electron chi connectivity index (χ2n) is 2.39. The Bertz CT molecular complexity index is 375. The third-order valence-corrected chi connectivity index (χ3v) is 1.37. The molecule has 0 atom stereocenters. The number of aromatic nitrogens is 1. The van der Waals surface area contributed by atoms with Crippen LogP contribution in [0, 0.1) is 0 Å². The van der Waals surface area contributed by atoms with Crippen LogP contribution < -0.4 is 0 Å². The second-order valence-corrected chi connectivity index (χ2v) is 2.39. The van der Waals surface area contributed by atoms with E-state index in [1.165, 1.54) is 0 Å². The van der Waals surface area contributed by atoms with Crippen LogP contribution in [0.15, 0.2) is 12.3 Å². The fourth-order valence-corrected chi connectivity index (χ4v) is 0.843. The SMILES string of the molecule is O=C(O)c1cc(O)cnc1C(F)(F)F. The van der Waals surface area contributed by atoms with Crippen molar-refractivity contribution in [2.45, 2.75) is 6.18 Å². The highest BCUT2D eigenvalue weighted by atomic mass is 19.4. The van der Waals surface area contributed by atoms with Gasteiger partial charge in [0.1, 0.15) is 5.75 Å². The largest absolute Gasteiger partial charge is 0.506 e. The molecule has 0 aliphatic heterocycles. The highest BCUT2D eigenvalue weighted by molar-refractivity contribution is 5.89. The summed E-state index contributed by atoms with van der Waals surface area (Å²) < 4.78 is 36.4. The molecular weight excluding hydrogens is 203 g/mol. The number of rotatable bonds is 1. The maximum atomic E-state index is 12.1. The van der Waals surface area contributed by atoms with Gasteiger partial charge >= 0.3 is 12.1 Å². The van der Waals surface area contributed by atoms with Gasteiger partial charge in [0, 0.05) is 0 Å². The van der Waals surface area contributed by atoms with Crippen LogP contribution in [-0.4, -0.2) is 21.2 Å². The van der Waals surface area contributed by atoms with Crippen LogP contribution in [0.2, 0.25) is 0 Å². The molecule has 4 nitrogen and oxygen atoms in total. The molecule has 76 valence electrons. The molecule has 0 saturated carbocycles.